The highest BCUT2D eigenvalue weighted by molar-refractivity contribution is 7.53. The molecule has 0 aliphatic heterocycles. The van der Waals surface area contributed by atoms with Gasteiger partial charge in [0.1, 0.15) is 0 Å². The number of esters is 1. The van der Waals surface area contributed by atoms with E-state index in [0.717, 1.165) is 19.3 Å². The first kappa shape index (κ1) is 25.9. The smallest absolute Gasteiger partial charge is 0.339 e. The topological polar surface area (TPSA) is 83.8 Å². The molecule has 0 aromatic rings. The number of unbranched alkanes of at least 4 members (excludes halogenated alkanes) is 8. The van der Waals surface area contributed by atoms with Gasteiger partial charge in [-0.1, -0.05) is 85.5 Å². The van der Waals surface area contributed by atoms with Crippen molar-refractivity contribution in [3.63, 3.8) is 0 Å². The average molecular weight is 366 g/mol. The van der Waals surface area contributed by atoms with Crippen LogP contribution in [0.2, 0.25) is 0 Å². The summed E-state index contributed by atoms with van der Waals surface area (Å²) in [5.74, 6) is -0.774. The predicted octanol–water partition coefficient (Wildman–Crippen LogP) is 5.43. The molecule has 1 unspecified atom stereocenters. The first-order valence-corrected chi connectivity index (χ1v) is 11.2. The van der Waals surface area contributed by atoms with Crippen molar-refractivity contribution in [3.05, 3.63) is 0 Å². The lowest BCUT2D eigenvalue weighted by Crippen LogP contribution is -2.23. The highest BCUT2D eigenvalue weighted by atomic mass is 31.2. The Morgan fingerprint density at radius 1 is 0.833 bits per heavy atom. The molecule has 0 aromatic heterocycles. The molecule has 0 aliphatic rings. The van der Waals surface area contributed by atoms with Crippen molar-refractivity contribution in [3.8, 4) is 0 Å². The Balaban J connectivity index is 0. The molecule has 0 saturated carbocycles. The van der Waals surface area contributed by atoms with E-state index < -0.39 is 19.2 Å². The molecule has 146 valence electrons. The second kappa shape index (κ2) is 17.4. The van der Waals surface area contributed by atoms with Gasteiger partial charge in [0.25, 0.3) is 0 Å². The molecule has 0 heterocycles. The molecule has 0 rings (SSSR count). The maximum atomic E-state index is 11.5. The number of carbonyl (C=O) groups excluding carboxylic acids is 1. The summed E-state index contributed by atoms with van der Waals surface area (Å²) < 4.78 is 16.0. The number of rotatable bonds is 13. The number of carbonyl (C=O) groups is 1. The third-order valence-electron chi connectivity index (χ3n) is 3.81. The summed E-state index contributed by atoms with van der Waals surface area (Å²) in [5.41, 5.74) is -1.31. The fourth-order valence-electron chi connectivity index (χ4n) is 2.05. The Labute approximate surface area is 148 Å². The number of ether oxygens (including phenoxy) is 1. The van der Waals surface area contributed by atoms with E-state index in [0.29, 0.717) is 0 Å². The second-order valence-electron chi connectivity index (χ2n) is 6.16. The SMILES string of the molecule is CCCC.CCCCCCCCCCOC(=O)C(CC)P(=O)(O)O. The molecule has 6 heteroatoms. The summed E-state index contributed by atoms with van der Waals surface area (Å²) in [6, 6.07) is 0. The minimum atomic E-state index is -4.38. The van der Waals surface area contributed by atoms with Crippen molar-refractivity contribution >= 4 is 13.6 Å². The van der Waals surface area contributed by atoms with Crippen LogP contribution in [0.15, 0.2) is 0 Å². The third-order valence-corrected chi connectivity index (χ3v) is 5.19. The Bertz CT molecular complexity index is 325. The van der Waals surface area contributed by atoms with Gasteiger partial charge in [-0.2, -0.15) is 0 Å². The molecule has 24 heavy (non-hydrogen) atoms. The Morgan fingerprint density at radius 2 is 1.29 bits per heavy atom. The fraction of sp³-hybridized carbons (Fsp3) is 0.944. The van der Waals surface area contributed by atoms with Crippen LogP contribution in [0.1, 0.15) is 98.3 Å². The van der Waals surface area contributed by atoms with E-state index in [1.807, 2.05) is 0 Å². The van der Waals surface area contributed by atoms with Gasteiger partial charge in [-0.05, 0) is 12.8 Å². The van der Waals surface area contributed by atoms with Gasteiger partial charge >= 0.3 is 13.6 Å². The highest BCUT2D eigenvalue weighted by Crippen LogP contribution is 2.43. The summed E-state index contributed by atoms with van der Waals surface area (Å²) in [4.78, 5) is 29.5. The van der Waals surface area contributed by atoms with Gasteiger partial charge in [-0.25, -0.2) is 0 Å². The molecule has 0 saturated heterocycles. The van der Waals surface area contributed by atoms with Crippen LogP contribution in [0.25, 0.3) is 0 Å². The summed E-state index contributed by atoms with van der Waals surface area (Å²) in [6.07, 6.45) is 11.9. The summed E-state index contributed by atoms with van der Waals surface area (Å²) in [6.45, 7) is 8.38. The first-order chi connectivity index (χ1) is 11.3. The molecule has 1 atom stereocenters. The van der Waals surface area contributed by atoms with E-state index in [2.05, 4.69) is 20.8 Å². The molecular weight excluding hydrogens is 327 g/mol. The van der Waals surface area contributed by atoms with Crippen molar-refractivity contribution in [2.24, 2.45) is 0 Å². The Hall–Kier alpha value is -0.380. The maximum Gasteiger partial charge on any atom is 0.339 e. The van der Waals surface area contributed by atoms with Crippen molar-refractivity contribution in [2.45, 2.75) is 104 Å². The van der Waals surface area contributed by atoms with Gasteiger partial charge in [0.15, 0.2) is 5.66 Å². The van der Waals surface area contributed by atoms with Crippen LogP contribution in [0.3, 0.4) is 0 Å². The van der Waals surface area contributed by atoms with E-state index in [1.165, 1.54) is 44.9 Å². The molecule has 0 aliphatic carbocycles. The monoisotopic (exact) mass is 366 g/mol. The van der Waals surface area contributed by atoms with Gasteiger partial charge in [0.2, 0.25) is 0 Å². The van der Waals surface area contributed by atoms with Crippen molar-refractivity contribution in [1.82, 2.24) is 0 Å². The molecular formula is C18H39O5P. The lowest BCUT2D eigenvalue weighted by molar-refractivity contribution is -0.143. The van der Waals surface area contributed by atoms with E-state index in [1.54, 1.807) is 6.92 Å². The molecule has 0 amide bonds. The number of hydrogen-bond donors (Lipinski definition) is 2. The molecule has 0 aromatic carbocycles. The molecule has 0 spiro atoms. The third kappa shape index (κ3) is 16.5. The minimum Gasteiger partial charge on any atom is -0.465 e. The molecule has 5 nitrogen and oxygen atoms in total. The average Bonchev–Trinajstić information content (AvgIpc) is 2.52. The molecule has 0 bridgehead atoms. The lowest BCUT2D eigenvalue weighted by atomic mass is 10.1. The second-order valence-corrected chi connectivity index (χ2v) is 7.96. The largest absolute Gasteiger partial charge is 0.465 e. The van der Waals surface area contributed by atoms with E-state index in [9.17, 15) is 9.36 Å². The summed E-state index contributed by atoms with van der Waals surface area (Å²) in [5, 5.41) is 0. The Kier molecular flexibility index (Phi) is 18.8. The van der Waals surface area contributed by atoms with E-state index in [4.69, 9.17) is 14.5 Å². The molecule has 0 fully saturated rings. The van der Waals surface area contributed by atoms with Gasteiger partial charge in [-0.15, -0.1) is 0 Å². The molecule has 2 N–H and O–H groups in total. The normalized spacial score (nSPS) is 12.2. The zero-order chi connectivity index (χ0) is 18.8. The fourth-order valence-corrected chi connectivity index (χ4v) is 2.87. The van der Waals surface area contributed by atoms with E-state index >= 15 is 0 Å². The van der Waals surface area contributed by atoms with Crippen molar-refractivity contribution in [1.29, 1.82) is 0 Å². The van der Waals surface area contributed by atoms with Gasteiger partial charge in [0, 0.05) is 0 Å². The quantitative estimate of drug-likeness (QED) is 0.258. The zero-order valence-corrected chi connectivity index (χ0v) is 17.0. The maximum absolute atomic E-state index is 11.5. The lowest BCUT2D eigenvalue weighted by Gasteiger charge is -2.15. The first-order valence-electron chi connectivity index (χ1n) is 9.56. The molecule has 0 radical (unpaired) electrons. The van der Waals surface area contributed by atoms with Crippen molar-refractivity contribution < 1.29 is 23.9 Å². The van der Waals surface area contributed by atoms with Crippen LogP contribution < -0.4 is 0 Å². The highest BCUT2D eigenvalue weighted by Gasteiger charge is 2.35. The number of hydrogen-bond acceptors (Lipinski definition) is 3. The standard InChI is InChI=1S/C14H29O5P.C4H10/c1-3-5-6-7-8-9-10-11-12-19-14(15)13(4-2)20(16,17)18;1-3-4-2/h13H,3-12H2,1-2H3,(H2,16,17,18);3-4H2,1-2H3. The van der Waals surface area contributed by atoms with E-state index in [-0.39, 0.29) is 13.0 Å². The van der Waals surface area contributed by atoms with Crippen LogP contribution in [-0.4, -0.2) is 28.0 Å². The van der Waals surface area contributed by atoms with Crippen LogP contribution in [0.4, 0.5) is 0 Å². The van der Waals surface area contributed by atoms with Gasteiger partial charge < -0.3 is 14.5 Å². The minimum absolute atomic E-state index is 0.0978. The summed E-state index contributed by atoms with van der Waals surface area (Å²) in [7, 11) is -4.38. The zero-order valence-electron chi connectivity index (χ0n) is 16.1. The van der Waals surface area contributed by atoms with Gasteiger partial charge in [-0.3, -0.25) is 9.36 Å². The van der Waals surface area contributed by atoms with Crippen molar-refractivity contribution in [2.75, 3.05) is 6.61 Å². The van der Waals surface area contributed by atoms with Crippen LogP contribution in [0, 0.1) is 0 Å². The van der Waals surface area contributed by atoms with Crippen LogP contribution in [-0.2, 0) is 14.1 Å². The van der Waals surface area contributed by atoms with Crippen LogP contribution in [0.5, 0.6) is 0 Å². The Morgan fingerprint density at radius 3 is 1.67 bits per heavy atom. The van der Waals surface area contributed by atoms with Crippen LogP contribution >= 0.6 is 7.60 Å². The summed E-state index contributed by atoms with van der Waals surface area (Å²) >= 11 is 0. The predicted molar refractivity (Wildman–Crippen MR) is 100 cm³/mol. The van der Waals surface area contributed by atoms with Gasteiger partial charge in [0.05, 0.1) is 6.61 Å².